The van der Waals surface area contributed by atoms with Gasteiger partial charge in [0, 0.05) is 32.4 Å². The van der Waals surface area contributed by atoms with Crippen LogP contribution in [0.3, 0.4) is 0 Å². The van der Waals surface area contributed by atoms with E-state index in [1.54, 1.807) is 19.3 Å². The third-order valence-corrected chi connectivity index (χ3v) is 3.76. The first-order valence-corrected chi connectivity index (χ1v) is 6.72. The molecular formula is C14H22N4O. The zero-order valence-electron chi connectivity index (χ0n) is 11.9. The summed E-state index contributed by atoms with van der Waals surface area (Å²) >= 11 is 0. The number of nitrogens with zero attached hydrogens (tertiary/aromatic N) is 3. The Morgan fingerprint density at radius 3 is 2.68 bits per heavy atom. The zero-order chi connectivity index (χ0) is 13.8. The van der Waals surface area contributed by atoms with Crippen molar-refractivity contribution in [3.8, 4) is 0 Å². The molecule has 19 heavy (non-hydrogen) atoms. The SMILES string of the molecule is CNc1ncccc1C(=O)N1CCC(N(C)C)CC1. The summed E-state index contributed by atoms with van der Waals surface area (Å²) in [6, 6.07) is 4.22. The van der Waals surface area contributed by atoms with Crippen LogP contribution in [-0.4, -0.2) is 61.0 Å². The Morgan fingerprint density at radius 1 is 1.42 bits per heavy atom. The van der Waals surface area contributed by atoms with Gasteiger partial charge >= 0.3 is 0 Å². The van der Waals surface area contributed by atoms with Gasteiger partial charge in [-0.1, -0.05) is 0 Å². The molecule has 5 nitrogen and oxygen atoms in total. The van der Waals surface area contributed by atoms with Crippen LogP contribution in [0.25, 0.3) is 0 Å². The number of aromatic nitrogens is 1. The maximum absolute atomic E-state index is 12.5. The maximum Gasteiger partial charge on any atom is 0.257 e. The minimum Gasteiger partial charge on any atom is -0.372 e. The van der Waals surface area contributed by atoms with Crippen LogP contribution < -0.4 is 5.32 Å². The summed E-state index contributed by atoms with van der Waals surface area (Å²) < 4.78 is 0. The average molecular weight is 262 g/mol. The van der Waals surface area contributed by atoms with E-state index in [0.717, 1.165) is 25.9 Å². The Labute approximate surface area is 114 Å². The standard InChI is InChI=1S/C14H22N4O/c1-15-13-12(5-4-8-16-13)14(19)18-9-6-11(7-10-18)17(2)3/h4-5,8,11H,6-7,9-10H2,1-3H3,(H,15,16). The number of carbonyl (C=O) groups is 1. The minimum absolute atomic E-state index is 0.0784. The van der Waals surface area contributed by atoms with Gasteiger partial charge in [0.25, 0.3) is 5.91 Å². The summed E-state index contributed by atoms with van der Waals surface area (Å²) in [7, 11) is 5.99. The van der Waals surface area contributed by atoms with Gasteiger partial charge in [0.2, 0.25) is 0 Å². The number of nitrogens with one attached hydrogen (secondary N) is 1. The average Bonchev–Trinajstić information content (AvgIpc) is 2.46. The molecule has 1 aliphatic heterocycles. The summed E-state index contributed by atoms with van der Waals surface area (Å²) in [6.07, 6.45) is 3.77. The first-order valence-electron chi connectivity index (χ1n) is 6.72. The molecule has 1 saturated heterocycles. The molecule has 1 aliphatic rings. The van der Waals surface area contributed by atoms with E-state index in [4.69, 9.17) is 0 Å². The fourth-order valence-electron chi connectivity index (χ4n) is 2.53. The summed E-state index contributed by atoms with van der Waals surface area (Å²) in [5.74, 6) is 0.733. The molecule has 1 N–H and O–H groups in total. The smallest absolute Gasteiger partial charge is 0.257 e. The largest absolute Gasteiger partial charge is 0.372 e. The third-order valence-electron chi connectivity index (χ3n) is 3.76. The number of rotatable bonds is 3. The van der Waals surface area contributed by atoms with Gasteiger partial charge in [-0.3, -0.25) is 4.79 Å². The number of hydrogen-bond donors (Lipinski definition) is 1. The quantitative estimate of drug-likeness (QED) is 0.891. The summed E-state index contributed by atoms with van der Waals surface area (Å²) in [6.45, 7) is 1.64. The highest BCUT2D eigenvalue weighted by Gasteiger charge is 2.25. The lowest BCUT2D eigenvalue weighted by Gasteiger charge is -2.35. The van der Waals surface area contributed by atoms with Gasteiger partial charge in [-0.25, -0.2) is 4.98 Å². The van der Waals surface area contributed by atoms with E-state index in [2.05, 4.69) is 29.3 Å². The topological polar surface area (TPSA) is 48.5 Å². The lowest BCUT2D eigenvalue weighted by molar-refractivity contribution is 0.0664. The van der Waals surface area contributed by atoms with E-state index in [0.29, 0.717) is 17.4 Å². The minimum atomic E-state index is 0.0784. The molecule has 0 saturated carbocycles. The molecule has 0 aliphatic carbocycles. The lowest BCUT2D eigenvalue weighted by atomic mass is 10.0. The highest BCUT2D eigenvalue weighted by molar-refractivity contribution is 5.98. The van der Waals surface area contributed by atoms with Crippen molar-refractivity contribution in [1.29, 1.82) is 0 Å². The van der Waals surface area contributed by atoms with E-state index < -0.39 is 0 Å². The van der Waals surface area contributed by atoms with Crippen LogP contribution in [-0.2, 0) is 0 Å². The van der Waals surface area contributed by atoms with Crippen molar-refractivity contribution >= 4 is 11.7 Å². The van der Waals surface area contributed by atoms with Crippen molar-refractivity contribution < 1.29 is 4.79 Å². The Balaban J connectivity index is 2.05. The molecule has 0 atom stereocenters. The Morgan fingerprint density at radius 2 is 2.11 bits per heavy atom. The van der Waals surface area contributed by atoms with Gasteiger partial charge in [0.1, 0.15) is 5.82 Å². The molecule has 0 aromatic carbocycles. The van der Waals surface area contributed by atoms with Gasteiger partial charge in [0.05, 0.1) is 5.56 Å². The first kappa shape index (κ1) is 13.8. The predicted molar refractivity (Wildman–Crippen MR) is 76.4 cm³/mol. The number of pyridine rings is 1. The Kier molecular flexibility index (Phi) is 4.37. The molecule has 1 aromatic rings. The van der Waals surface area contributed by atoms with Crippen LogP contribution in [0.1, 0.15) is 23.2 Å². The highest BCUT2D eigenvalue weighted by Crippen LogP contribution is 2.19. The summed E-state index contributed by atoms with van der Waals surface area (Å²) in [5.41, 5.74) is 0.660. The zero-order valence-corrected chi connectivity index (χ0v) is 11.9. The summed E-state index contributed by atoms with van der Waals surface area (Å²) in [4.78, 5) is 20.8. The van der Waals surface area contributed by atoms with Crippen LogP contribution in [0.5, 0.6) is 0 Å². The predicted octanol–water partition coefficient (Wildman–Crippen LogP) is 1.29. The number of carbonyl (C=O) groups excluding carboxylic acids is 1. The molecule has 0 unspecified atom stereocenters. The van der Waals surface area contributed by atoms with Crippen LogP contribution in [0.2, 0.25) is 0 Å². The molecule has 1 aromatic heterocycles. The highest BCUT2D eigenvalue weighted by atomic mass is 16.2. The molecule has 5 heteroatoms. The maximum atomic E-state index is 12.5. The molecular weight excluding hydrogens is 240 g/mol. The van der Waals surface area contributed by atoms with Crippen LogP contribution >= 0.6 is 0 Å². The Bertz CT molecular complexity index is 439. The molecule has 0 bridgehead atoms. The number of piperidine rings is 1. The molecule has 104 valence electrons. The van der Waals surface area contributed by atoms with E-state index >= 15 is 0 Å². The van der Waals surface area contributed by atoms with Gasteiger partial charge in [-0.15, -0.1) is 0 Å². The van der Waals surface area contributed by atoms with Crippen LogP contribution in [0, 0.1) is 0 Å². The number of amides is 1. The van der Waals surface area contributed by atoms with Crippen LogP contribution in [0.15, 0.2) is 18.3 Å². The molecule has 0 spiro atoms. The molecule has 0 radical (unpaired) electrons. The third kappa shape index (κ3) is 3.04. The second-order valence-electron chi connectivity index (χ2n) is 5.14. The second-order valence-corrected chi connectivity index (χ2v) is 5.14. The monoisotopic (exact) mass is 262 g/mol. The van der Waals surface area contributed by atoms with Crippen molar-refractivity contribution in [1.82, 2.24) is 14.8 Å². The van der Waals surface area contributed by atoms with Gasteiger partial charge in [0.15, 0.2) is 0 Å². The molecule has 2 rings (SSSR count). The van der Waals surface area contributed by atoms with Crippen molar-refractivity contribution in [2.24, 2.45) is 0 Å². The first-order chi connectivity index (χ1) is 9.13. The van der Waals surface area contributed by atoms with E-state index in [1.807, 2.05) is 11.0 Å². The Hall–Kier alpha value is -1.62. The number of anilines is 1. The molecule has 2 heterocycles. The van der Waals surface area contributed by atoms with Gasteiger partial charge in [-0.2, -0.15) is 0 Å². The van der Waals surface area contributed by atoms with Crippen molar-refractivity contribution in [3.63, 3.8) is 0 Å². The fraction of sp³-hybridized carbons (Fsp3) is 0.571. The normalized spacial score (nSPS) is 16.7. The van der Waals surface area contributed by atoms with E-state index in [1.165, 1.54) is 0 Å². The summed E-state index contributed by atoms with van der Waals surface area (Å²) in [5, 5.41) is 2.98. The second kappa shape index (κ2) is 6.02. The van der Waals surface area contributed by atoms with Crippen molar-refractivity contribution in [3.05, 3.63) is 23.9 Å². The van der Waals surface area contributed by atoms with Gasteiger partial charge < -0.3 is 15.1 Å². The number of likely N-dealkylation sites (tertiary alicyclic amines) is 1. The molecule has 1 fully saturated rings. The van der Waals surface area contributed by atoms with Crippen molar-refractivity contribution in [2.45, 2.75) is 18.9 Å². The van der Waals surface area contributed by atoms with E-state index in [-0.39, 0.29) is 5.91 Å². The van der Waals surface area contributed by atoms with Crippen molar-refractivity contribution in [2.75, 3.05) is 39.5 Å². The van der Waals surface area contributed by atoms with E-state index in [9.17, 15) is 4.79 Å². The lowest BCUT2D eigenvalue weighted by Crippen LogP contribution is -2.44. The molecule has 1 amide bonds. The number of hydrogen-bond acceptors (Lipinski definition) is 4. The fourth-order valence-corrected chi connectivity index (χ4v) is 2.53. The van der Waals surface area contributed by atoms with Crippen LogP contribution in [0.4, 0.5) is 5.82 Å². The van der Waals surface area contributed by atoms with Gasteiger partial charge in [-0.05, 0) is 39.1 Å².